The highest BCUT2D eigenvalue weighted by Gasteiger charge is 2.33. The molecule has 7 heteroatoms. The van der Waals surface area contributed by atoms with Gasteiger partial charge in [-0.3, -0.25) is 0 Å². The van der Waals surface area contributed by atoms with Crippen LogP contribution in [0.15, 0.2) is 29.2 Å². The molecule has 1 heterocycles. The lowest BCUT2D eigenvalue weighted by Crippen LogP contribution is -2.46. The zero-order valence-corrected chi connectivity index (χ0v) is 13.5. The minimum Gasteiger partial charge on any atom is -0.377 e. The second-order valence-electron chi connectivity index (χ2n) is 4.96. The predicted molar refractivity (Wildman–Crippen MR) is 82.6 cm³/mol. The highest BCUT2D eigenvalue weighted by Crippen LogP contribution is 2.29. The van der Waals surface area contributed by atoms with Crippen molar-refractivity contribution in [2.45, 2.75) is 23.3 Å². The smallest absolute Gasteiger partial charge is 0.240 e. The summed E-state index contributed by atoms with van der Waals surface area (Å²) in [6, 6.07) is 7.85. The Bertz CT molecular complexity index is 615. The van der Waals surface area contributed by atoms with Gasteiger partial charge in [0.15, 0.2) is 0 Å². The molecule has 1 aliphatic rings. The van der Waals surface area contributed by atoms with Crippen molar-refractivity contribution < 1.29 is 13.2 Å². The van der Waals surface area contributed by atoms with Gasteiger partial charge in [-0.1, -0.05) is 0 Å². The normalized spacial score (nSPS) is 18.1. The SMILES string of the molecule is COC1(CNS(=O)(=O)c2ccc(C#N)cc2)CCSCC1. The summed E-state index contributed by atoms with van der Waals surface area (Å²) in [6.45, 7) is 0.270. The highest BCUT2D eigenvalue weighted by molar-refractivity contribution is 7.99. The first-order valence-corrected chi connectivity index (χ1v) is 9.28. The third kappa shape index (κ3) is 3.98. The Kier molecular flexibility index (Phi) is 5.27. The molecule has 0 spiro atoms. The molecule has 0 saturated carbocycles. The summed E-state index contributed by atoms with van der Waals surface area (Å²) in [7, 11) is -1.95. The topological polar surface area (TPSA) is 79.2 Å². The van der Waals surface area contributed by atoms with Gasteiger partial charge in [-0.05, 0) is 48.6 Å². The monoisotopic (exact) mass is 326 g/mol. The van der Waals surface area contributed by atoms with Crippen molar-refractivity contribution >= 4 is 21.8 Å². The quantitative estimate of drug-likeness (QED) is 0.892. The van der Waals surface area contributed by atoms with Gasteiger partial charge < -0.3 is 4.74 Å². The van der Waals surface area contributed by atoms with Crippen molar-refractivity contribution in [3.8, 4) is 6.07 Å². The maximum absolute atomic E-state index is 12.3. The lowest BCUT2D eigenvalue weighted by molar-refractivity contribution is -0.0119. The van der Waals surface area contributed by atoms with Crippen LogP contribution in [0, 0.1) is 11.3 Å². The number of nitriles is 1. The molecule has 114 valence electrons. The summed E-state index contributed by atoms with van der Waals surface area (Å²) in [5.74, 6) is 1.96. The molecule has 2 rings (SSSR count). The van der Waals surface area contributed by atoms with Gasteiger partial charge in [-0.15, -0.1) is 0 Å². The van der Waals surface area contributed by atoms with Gasteiger partial charge in [0.05, 0.1) is 22.1 Å². The van der Waals surface area contributed by atoms with Crippen LogP contribution in [0.25, 0.3) is 0 Å². The van der Waals surface area contributed by atoms with Gasteiger partial charge >= 0.3 is 0 Å². The molecule has 0 aliphatic carbocycles. The van der Waals surface area contributed by atoms with Crippen molar-refractivity contribution in [1.82, 2.24) is 4.72 Å². The number of hydrogen-bond donors (Lipinski definition) is 1. The molecule has 0 aromatic heterocycles. The average Bonchev–Trinajstić information content (AvgIpc) is 2.54. The van der Waals surface area contributed by atoms with E-state index in [1.165, 1.54) is 24.3 Å². The first-order valence-electron chi connectivity index (χ1n) is 6.64. The molecule has 0 unspecified atom stereocenters. The van der Waals surface area contributed by atoms with E-state index in [4.69, 9.17) is 10.00 Å². The molecule has 0 radical (unpaired) electrons. The molecule has 1 fully saturated rings. The van der Waals surface area contributed by atoms with Gasteiger partial charge in [0.1, 0.15) is 0 Å². The second-order valence-corrected chi connectivity index (χ2v) is 7.95. The molecular formula is C14H18N2O3S2. The van der Waals surface area contributed by atoms with E-state index in [0.29, 0.717) is 5.56 Å². The second kappa shape index (κ2) is 6.79. The number of rotatable bonds is 5. The Morgan fingerprint density at radius 1 is 1.33 bits per heavy atom. The lowest BCUT2D eigenvalue weighted by atomic mass is 9.97. The van der Waals surface area contributed by atoms with Crippen LogP contribution in [0.4, 0.5) is 0 Å². The molecule has 1 saturated heterocycles. The van der Waals surface area contributed by atoms with Gasteiger partial charge in [-0.25, -0.2) is 13.1 Å². The molecule has 1 aromatic rings. The number of methoxy groups -OCH3 is 1. The Morgan fingerprint density at radius 2 is 1.95 bits per heavy atom. The van der Waals surface area contributed by atoms with Crippen LogP contribution in [0.2, 0.25) is 0 Å². The molecule has 0 atom stereocenters. The van der Waals surface area contributed by atoms with Crippen LogP contribution in [0.5, 0.6) is 0 Å². The largest absolute Gasteiger partial charge is 0.377 e. The Morgan fingerprint density at radius 3 is 2.48 bits per heavy atom. The first kappa shape index (κ1) is 16.3. The van der Waals surface area contributed by atoms with Crippen molar-refractivity contribution in [3.63, 3.8) is 0 Å². The van der Waals surface area contributed by atoms with E-state index >= 15 is 0 Å². The molecule has 0 bridgehead atoms. The molecule has 5 nitrogen and oxygen atoms in total. The third-order valence-electron chi connectivity index (χ3n) is 3.72. The fraction of sp³-hybridized carbons (Fsp3) is 0.500. The Hall–Kier alpha value is -1.07. The molecule has 1 N–H and O–H groups in total. The van der Waals surface area contributed by atoms with Crippen LogP contribution in [0.1, 0.15) is 18.4 Å². The van der Waals surface area contributed by atoms with Gasteiger partial charge in [0.25, 0.3) is 0 Å². The summed E-state index contributed by atoms with van der Waals surface area (Å²) >= 11 is 1.86. The van der Waals surface area contributed by atoms with Gasteiger partial charge in [0, 0.05) is 13.7 Å². The van der Waals surface area contributed by atoms with Crippen LogP contribution in [-0.2, 0) is 14.8 Å². The molecule has 1 aromatic carbocycles. The van der Waals surface area contributed by atoms with Crippen molar-refractivity contribution in [2.24, 2.45) is 0 Å². The number of nitrogens with zero attached hydrogens (tertiary/aromatic N) is 1. The van der Waals surface area contributed by atoms with E-state index in [1.807, 2.05) is 17.8 Å². The summed E-state index contributed by atoms with van der Waals surface area (Å²) < 4.78 is 32.7. The molecular weight excluding hydrogens is 308 g/mol. The van der Waals surface area contributed by atoms with Crippen LogP contribution >= 0.6 is 11.8 Å². The fourth-order valence-corrected chi connectivity index (χ4v) is 4.57. The van der Waals surface area contributed by atoms with Crippen molar-refractivity contribution in [1.29, 1.82) is 5.26 Å². The standard InChI is InChI=1S/C14H18N2O3S2/c1-19-14(6-8-20-9-7-14)11-16-21(17,18)13-4-2-12(10-15)3-5-13/h2-5,16H,6-9,11H2,1H3. The summed E-state index contributed by atoms with van der Waals surface area (Å²) in [6.07, 6.45) is 1.67. The van der Waals surface area contributed by atoms with E-state index < -0.39 is 15.6 Å². The van der Waals surface area contributed by atoms with Crippen LogP contribution < -0.4 is 4.72 Å². The van der Waals surface area contributed by atoms with Crippen LogP contribution in [0.3, 0.4) is 0 Å². The fourth-order valence-electron chi connectivity index (χ4n) is 2.21. The first-order chi connectivity index (χ1) is 10.0. The zero-order valence-electron chi connectivity index (χ0n) is 11.8. The summed E-state index contributed by atoms with van der Waals surface area (Å²) in [5, 5.41) is 8.74. The average molecular weight is 326 g/mol. The Labute approximate surface area is 129 Å². The number of hydrogen-bond acceptors (Lipinski definition) is 5. The van der Waals surface area contributed by atoms with E-state index in [-0.39, 0.29) is 11.4 Å². The highest BCUT2D eigenvalue weighted by atomic mass is 32.2. The zero-order chi connectivity index (χ0) is 15.3. The minimum absolute atomic E-state index is 0.165. The minimum atomic E-state index is -3.58. The van der Waals surface area contributed by atoms with E-state index in [2.05, 4.69) is 4.72 Å². The lowest BCUT2D eigenvalue weighted by Gasteiger charge is -2.35. The van der Waals surface area contributed by atoms with Crippen LogP contribution in [-0.4, -0.2) is 39.2 Å². The molecule has 21 heavy (non-hydrogen) atoms. The van der Waals surface area contributed by atoms with Crippen molar-refractivity contribution in [2.75, 3.05) is 25.2 Å². The van der Waals surface area contributed by atoms with Gasteiger partial charge in [-0.2, -0.15) is 17.0 Å². The summed E-state index contributed by atoms with van der Waals surface area (Å²) in [4.78, 5) is 0.165. The maximum Gasteiger partial charge on any atom is 0.240 e. The number of nitrogens with one attached hydrogen (secondary N) is 1. The van der Waals surface area contributed by atoms with Crippen molar-refractivity contribution in [3.05, 3.63) is 29.8 Å². The van der Waals surface area contributed by atoms with E-state index in [9.17, 15) is 8.42 Å². The number of benzene rings is 1. The maximum atomic E-state index is 12.3. The molecule has 1 aliphatic heterocycles. The van der Waals surface area contributed by atoms with E-state index in [0.717, 1.165) is 24.3 Å². The predicted octanol–water partition coefficient (Wildman–Crippen LogP) is 1.75. The van der Waals surface area contributed by atoms with E-state index in [1.54, 1.807) is 7.11 Å². The number of ether oxygens (including phenoxy) is 1. The summed E-state index contributed by atoms with van der Waals surface area (Å²) in [5.41, 5.74) is 0.0249. The van der Waals surface area contributed by atoms with Gasteiger partial charge in [0.2, 0.25) is 10.0 Å². The number of sulfonamides is 1. The molecule has 0 amide bonds. The third-order valence-corrected chi connectivity index (χ3v) is 6.12. The number of thioether (sulfide) groups is 1. The Balaban J connectivity index is 2.08.